The van der Waals surface area contributed by atoms with Crippen molar-refractivity contribution in [2.45, 2.75) is 18.4 Å². The fourth-order valence-electron chi connectivity index (χ4n) is 4.05. The van der Waals surface area contributed by atoms with Crippen LogP contribution in [0.15, 0.2) is 12.1 Å². The molecule has 0 bridgehead atoms. The Morgan fingerprint density at radius 3 is 2.38 bits per heavy atom. The van der Waals surface area contributed by atoms with Gasteiger partial charge in [0.15, 0.2) is 0 Å². The maximum Gasteiger partial charge on any atom is 0.144 e. The molecule has 3 aliphatic rings. The summed E-state index contributed by atoms with van der Waals surface area (Å²) in [5.74, 6) is 0.994. The van der Waals surface area contributed by atoms with Gasteiger partial charge in [0.05, 0.1) is 5.54 Å². The van der Waals surface area contributed by atoms with E-state index in [1.165, 1.54) is 12.8 Å². The van der Waals surface area contributed by atoms with Gasteiger partial charge in [-0.3, -0.25) is 0 Å². The summed E-state index contributed by atoms with van der Waals surface area (Å²) in [6.45, 7) is 7.33. The first-order valence-corrected chi connectivity index (χ1v) is 8.92. The number of likely N-dealkylation sites (N-methyl/N-ethyl adjacent to an activating group) is 2. The van der Waals surface area contributed by atoms with E-state index in [-0.39, 0.29) is 5.54 Å². The molecule has 0 N–H and O–H groups in total. The van der Waals surface area contributed by atoms with Gasteiger partial charge in [0, 0.05) is 57.6 Å². The number of anilines is 2. The van der Waals surface area contributed by atoms with Gasteiger partial charge in [0.2, 0.25) is 0 Å². The largest absolute Gasteiger partial charge is 0.369 e. The van der Waals surface area contributed by atoms with E-state index in [1.54, 1.807) is 0 Å². The van der Waals surface area contributed by atoms with Gasteiger partial charge in [-0.05, 0) is 33.0 Å². The molecule has 1 aromatic heterocycles. The molecule has 1 saturated carbocycles. The Balaban J connectivity index is 1.64. The second-order valence-electron chi connectivity index (χ2n) is 7.58. The van der Waals surface area contributed by atoms with Gasteiger partial charge in [0.25, 0.3) is 0 Å². The lowest BCUT2D eigenvalue weighted by atomic mass is 10.1. The Labute approximate surface area is 144 Å². The van der Waals surface area contributed by atoms with Crippen molar-refractivity contribution in [2.75, 3.05) is 69.7 Å². The third-order valence-corrected chi connectivity index (χ3v) is 5.73. The topological polar surface area (TPSA) is 49.6 Å². The highest BCUT2D eigenvalue weighted by atomic mass is 15.4. The number of nitriles is 1. The standard InChI is InChI=1S/C18H26N6/c1-21-5-8-23(9-6-21)16-11-15(13-19)20-17(12-16)24-10-7-22(2)14-18(24)3-4-18/h11-12H,3-10,14H2,1-2H3. The van der Waals surface area contributed by atoms with Crippen LogP contribution < -0.4 is 9.80 Å². The molecule has 1 spiro atoms. The van der Waals surface area contributed by atoms with Crippen LogP contribution in [0, 0.1) is 11.3 Å². The van der Waals surface area contributed by atoms with Gasteiger partial charge in [-0.2, -0.15) is 5.26 Å². The highest BCUT2D eigenvalue weighted by Crippen LogP contribution is 2.46. The van der Waals surface area contributed by atoms with Gasteiger partial charge >= 0.3 is 0 Å². The fourth-order valence-corrected chi connectivity index (χ4v) is 4.05. The molecule has 0 radical (unpaired) electrons. The summed E-state index contributed by atoms with van der Waals surface area (Å²) in [5.41, 5.74) is 1.95. The summed E-state index contributed by atoms with van der Waals surface area (Å²) < 4.78 is 0. The van der Waals surface area contributed by atoms with Crippen molar-refractivity contribution >= 4 is 11.5 Å². The van der Waals surface area contributed by atoms with Gasteiger partial charge in [0.1, 0.15) is 17.6 Å². The summed E-state index contributed by atoms with van der Waals surface area (Å²) in [7, 11) is 4.36. The average molecular weight is 326 g/mol. The molecule has 0 aromatic carbocycles. The van der Waals surface area contributed by atoms with Crippen LogP contribution in [0.25, 0.3) is 0 Å². The molecule has 3 fully saturated rings. The van der Waals surface area contributed by atoms with E-state index in [0.29, 0.717) is 5.69 Å². The van der Waals surface area contributed by atoms with Crippen LogP contribution >= 0.6 is 0 Å². The smallest absolute Gasteiger partial charge is 0.144 e. The molecular weight excluding hydrogens is 300 g/mol. The average Bonchev–Trinajstić information content (AvgIpc) is 3.34. The first-order chi connectivity index (χ1) is 11.6. The van der Waals surface area contributed by atoms with E-state index < -0.39 is 0 Å². The Morgan fingerprint density at radius 1 is 1.00 bits per heavy atom. The fraction of sp³-hybridized carbons (Fsp3) is 0.667. The second-order valence-corrected chi connectivity index (χ2v) is 7.58. The third-order valence-electron chi connectivity index (χ3n) is 5.73. The molecule has 0 atom stereocenters. The molecule has 0 amide bonds. The van der Waals surface area contributed by atoms with E-state index in [9.17, 15) is 5.26 Å². The zero-order valence-corrected chi connectivity index (χ0v) is 14.7. The summed E-state index contributed by atoms with van der Waals surface area (Å²) in [6, 6.07) is 6.42. The first-order valence-electron chi connectivity index (χ1n) is 8.92. The molecule has 2 aliphatic heterocycles. The van der Waals surface area contributed by atoms with Crippen molar-refractivity contribution in [3.63, 3.8) is 0 Å². The molecule has 3 heterocycles. The minimum atomic E-state index is 0.257. The van der Waals surface area contributed by atoms with Crippen LogP contribution in [0.2, 0.25) is 0 Å². The van der Waals surface area contributed by atoms with Crippen molar-refractivity contribution in [2.24, 2.45) is 0 Å². The summed E-state index contributed by atoms with van der Waals surface area (Å²) in [6.07, 6.45) is 2.47. The lowest BCUT2D eigenvalue weighted by Crippen LogP contribution is -2.54. The lowest BCUT2D eigenvalue weighted by molar-refractivity contribution is 0.255. The number of rotatable bonds is 2. The molecule has 0 unspecified atom stereocenters. The minimum absolute atomic E-state index is 0.257. The molecule has 6 nitrogen and oxygen atoms in total. The monoisotopic (exact) mass is 326 g/mol. The van der Waals surface area contributed by atoms with Crippen LogP contribution in [0.4, 0.5) is 11.5 Å². The minimum Gasteiger partial charge on any atom is -0.369 e. The van der Waals surface area contributed by atoms with Crippen molar-refractivity contribution in [1.29, 1.82) is 5.26 Å². The molecule has 2 saturated heterocycles. The normalized spacial score (nSPS) is 24.2. The molecule has 24 heavy (non-hydrogen) atoms. The van der Waals surface area contributed by atoms with Crippen molar-refractivity contribution < 1.29 is 0 Å². The highest BCUT2D eigenvalue weighted by molar-refractivity contribution is 5.60. The summed E-state index contributed by atoms with van der Waals surface area (Å²) in [4.78, 5) is 14.3. The molecule has 1 aromatic rings. The number of pyridine rings is 1. The van der Waals surface area contributed by atoms with E-state index >= 15 is 0 Å². The van der Waals surface area contributed by atoms with Crippen molar-refractivity contribution in [3.05, 3.63) is 17.8 Å². The van der Waals surface area contributed by atoms with Crippen molar-refractivity contribution in [1.82, 2.24) is 14.8 Å². The molecule has 1 aliphatic carbocycles. The number of hydrogen-bond donors (Lipinski definition) is 0. The second kappa shape index (κ2) is 5.91. The van der Waals surface area contributed by atoms with Crippen LogP contribution in [0.5, 0.6) is 0 Å². The van der Waals surface area contributed by atoms with Crippen LogP contribution in [-0.4, -0.2) is 80.2 Å². The predicted molar refractivity (Wildman–Crippen MR) is 95.5 cm³/mol. The van der Waals surface area contributed by atoms with Crippen molar-refractivity contribution in [3.8, 4) is 6.07 Å². The zero-order valence-electron chi connectivity index (χ0n) is 14.7. The Kier molecular flexibility index (Phi) is 3.86. The van der Waals surface area contributed by atoms with E-state index in [4.69, 9.17) is 0 Å². The Morgan fingerprint density at radius 2 is 1.71 bits per heavy atom. The van der Waals surface area contributed by atoms with Gasteiger partial charge in [-0.15, -0.1) is 0 Å². The Bertz CT molecular complexity index is 654. The van der Waals surface area contributed by atoms with Crippen LogP contribution in [0.1, 0.15) is 18.5 Å². The SMILES string of the molecule is CN1CCN(c2cc(C#N)nc(N3CCN(C)CC34CC4)c2)CC1. The third kappa shape index (κ3) is 2.83. The molecule has 128 valence electrons. The van der Waals surface area contributed by atoms with Gasteiger partial charge in [-0.25, -0.2) is 4.98 Å². The van der Waals surface area contributed by atoms with Gasteiger partial charge in [-0.1, -0.05) is 0 Å². The number of piperazine rings is 2. The zero-order chi connectivity index (χ0) is 16.7. The highest BCUT2D eigenvalue weighted by Gasteiger charge is 2.51. The Hall–Kier alpha value is -1.84. The maximum absolute atomic E-state index is 9.45. The lowest BCUT2D eigenvalue weighted by Gasteiger charge is -2.42. The molecule has 6 heteroatoms. The van der Waals surface area contributed by atoms with Gasteiger partial charge < -0.3 is 19.6 Å². The maximum atomic E-state index is 9.45. The number of hydrogen-bond acceptors (Lipinski definition) is 6. The summed E-state index contributed by atoms with van der Waals surface area (Å²) in [5, 5.41) is 9.45. The van der Waals surface area contributed by atoms with E-state index in [0.717, 1.165) is 57.3 Å². The summed E-state index contributed by atoms with van der Waals surface area (Å²) >= 11 is 0. The predicted octanol–water partition coefficient (Wildman–Crippen LogP) is 0.989. The quantitative estimate of drug-likeness (QED) is 0.808. The molecule has 4 rings (SSSR count). The van der Waals surface area contributed by atoms with Crippen LogP contribution in [0.3, 0.4) is 0 Å². The van der Waals surface area contributed by atoms with E-state index in [1.807, 2.05) is 6.07 Å². The first kappa shape index (κ1) is 15.7. The number of aromatic nitrogens is 1. The van der Waals surface area contributed by atoms with E-state index in [2.05, 4.69) is 50.8 Å². The van der Waals surface area contributed by atoms with Crippen LogP contribution in [-0.2, 0) is 0 Å². The number of nitrogens with zero attached hydrogens (tertiary/aromatic N) is 6. The molecular formula is C18H26N6.